The van der Waals surface area contributed by atoms with E-state index in [-0.39, 0.29) is 0 Å². The molecule has 3 aromatic carbocycles. The maximum Gasteiger partial charge on any atom is 0.137 e. The normalized spacial score (nSPS) is 10.8. The number of aryl methyl sites for hydroxylation is 1. The molecule has 5 nitrogen and oxygen atoms in total. The van der Waals surface area contributed by atoms with Crippen LogP contribution in [0, 0.1) is 6.92 Å². The van der Waals surface area contributed by atoms with Crippen molar-refractivity contribution in [2.75, 3.05) is 17.6 Å². The van der Waals surface area contributed by atoms with E-state index in [1.165, 1.54) is 11.1 Å². The Morgan fingerprint density at radius 1 is 0.893 bits per heavy atom. The van der Waals surface area contributed by atoms with Crippen molar-refractivity contribution in [2.45, 2.75) is 13.3 Å². The van der Waals surface area contributed by atoms with E-state index in [0.717, 1.165) is 41.2 Å². The largest absolute Gasteiger partial charge is 0.457 e. The molecule has 5 heteroatoms. The van der Waals surface area contributed by atoms with Crippen LogP contribution in [0.3, 0.4) is 0 Å². The van der Waals surface area contributed by atoms with Gasteiger partial charge in [0.05, 0.1) is 5.52 Å². The number of aromatic nitrogens is 2. The number of fused-ring (bicyclic) bond motifs is 1. The molecular formula is C23H22N4O. The highest BCUT2D eigenvalue weighted by Crippen LogP contribution is 2.23. The van der Waals surface area contributed by atoms with Gasteiger partial charge in [-0.3, -0.25) is 0 Å². The maximum absolute atomic E-state index is 5.89. The Morgan fingerprint density at radius 2 is 1.61 bits per heavy atom. The van der Waals surface area contributed by atoms with Gasteiger partial charge in [0.15, 0.2) is 0 Å². The third-order valence-electron chi connectivity index (χ3n) is 4.55. The molecule has 0 fully saturated rings. The molecular weight excluding hydrogens is 348 g/mol. The molecule has 0 aliphatic rings. The molecule has 0 unspecified atom stereocenters. The number of nitrogens with one attached hydrogen (secondary N) is 1. The van der Waals surface area contributed by atoms with E-state index >= 15 is 0 Å². The maximum atomic E-state index is 5.89. The number of nitrogens with zero attached hydrogens (tertiary/aromatic N) is 2. The van der Waals surface area contributed by atoms with Crippen molar-refractivity contribution in [2.24, 2.45) is 0 Å². The number of nitrogen functional groups attached to an aromatic ring is 1. The number of ether oxygens (including phenoxy) is 1. The first-order valence-electron chi connectivity index (χ1n) is 9.25. The van der Waals surface area contributed by atoms with Crippen molar-refractivity contribution in [3.63, 3.8) is 0 Å². The van der Waals surface area contributed by atoms with Crippen LogP contribution in [0.25, 0.3) is 10.9 Å². The summed E-state index contributed by atoms with van der Waals surface area (Å²) >= 11 is 0. The second-order valence-corrected chi connectivity index (χ2v) is 6.73. The highest BCUT2D eigenvalue weighted by atomic mass is 16.5. The first kappa shape index (κ1) is 17.8. The lowest BCUT2D eigenvalue weighted by Crippen LogP contribution is -2.07. The fraction of sp³-hybridized carbons (Fsp3) is 0.130. The molecule has 0 aliphatic heterocycles. The predicted molar refractivity (Wildman–Crippen MR) is 114 cm³/mol. The minimum absolute atomic E-state index is 0.703. The molecule has 0 spiro atoms. The second-order valence-electron chi connectivity index (χ2n) is 6.73. The summed E-state index contributed by atoms with van der Waals surface area (Å²) < 4.78 is 5.88. The third kappa shape index (κ3) is 4.20. The molecule has 4 aromatic rings. The zero-order chi connectivity index (χ0) is 19.3. The fourth-order valence-corrected chi connectivity index (χ4v) is 3.01. The van der Waals surface area contributed by atoms with Crippen molar-refractivity contribution in [3.8, 4) is 11.5 Å². The predicted octanol–water partition coefficient (Wildman–Crippen LogP) is 4.97. The number of benzene rings is 3. The van der Waals surface area contributed by atoms with Gasteiger partial charge in [-0.25, -0.2) is 9.97 Å². The summed E-state index contributed by atoms with van der Waals surface area (Å²) in [5.41, 5.74) is 9.92. The van der Waals surface area contributed by atoms with Crippen LogP contribution in [-0.2, 0) is 6.42 Å². The average Bonchev–Trinajstić information content (AvgIpc) is 2.71. The molecule has 4 rings (SSSR count). The summed E-state index contributed by atoms with van der Waals surface area (Å²) in [6.45, 7) is 2.82. The van der Waals surface area contributed by atoms with Crippen molar-refractivity contribution < 1.29 is 4.74 Å². The van der Waals surface area contributed by atoms with Crippen molar-refractivity contribution >= 4 is 22.4 Å². The summed E-state index contributed by atoms with van der Waals surface area (Å²) in [5, 5.41) is 4.32. The summed E-state index contributed by atoms with van der Waals surface area (Å²) in [4.78, 5) is 8.63. The van der Waals surface area contributed by atoms with Gasteiger partial charge in [-0.15, -0.1) is 0 Å². The monoisotopic (exact) mass is 370 g/mol. The Labute approximate surface area is 164 Å². The Hall–Kier alpha value is -3.60. The first-order valence-corrected chi connectivity index (χ1v) is 9.25. The van der Waals surface area contributed by atoms with E-state index in [0.29, 0.717) is 5.69 Å². The molecule has 0 bridgehead atoms. The van der Waals surface area contributed by atoms with Crippen LogP contribution in [0.1, 0.15) is 11.1 Å². The van der Waals surface area contributed by atoms with Crippen LogP contribution in [0.2, 0.25) is 0 Å². The molecule has 0 radical (unpaired) electrons. The summed E-state index contributed by atoms with van der Waals surface area (Å²) in [7, 11) is 0. The number of hydrogen-bond donors (Lipinski definition) is 2. The lowest BCUT2D eigenvalue weighted by atomic mass is 10.1. The van der Waals surface area contributed by atoms with E-state index in [2.05, 4.69) is 34.3 Å². The van der Waals surface area contributed by atoms with Gasteiger partial charge in [-0.2, -0.15) is 0 Å². The van der Waals surface area contributed by atoms with Gasteiger partial charge in [0.1, 0.15) is 23.6 Å². The van der Waals surface area contributed by atoms with Crippen molar-refractivity contribution in [1.82, 2.24) is 9.97 Å². The van der Waals surface area contributed by atoms with Gasteiger partial charge in [0, 0.05) is 17.6 Å². The van der Waals surface area contributed by atoms with Crippen LogP contribution < -0.4 is 15.8 Å². The fourth-order valence-electron chi connectivity index (χ4n) is 3.01. The Bertz CT molecular complexity index is 1080. The molecule has 3 N–H and O–H groups in total. The molecule has 0 atom stereocenters. The Kier molecular flexibility index (Phi) is 5.06. The van der Waals surface area contributed by atoms with Gasteiger partial charge in [0.2, 0.25) is 0 Å². The molecule has 0 aliphatic carbocycles. The van der Waals surface area contributed by atoms with E-state index < -0.39 is 0 Å². The zero-order valence-electron chi connectivity index (χ0n) is 15.7. The highest BCUT2D eigenvalue weighted by molar-refractivity contribution is 5.91. The minimum Gasteiger partial charge on any atom is -0.457 e. The van der Waals surface area contributed by atoms with E-state index in [1.807, 2.05) is 54.6 Å². The number of nitrogens with two attached hydrogens (primary N) is 1. The van der Waals surface area contributed by atoms with Gasteiger partial charge in [0.25, 0.3) is 0 Å². The average molecular weight is 370 g/mol. The SMILES string of the molecule is Cc1ccc(Oc2ccc(CCNc3ncnc4ccc(N)cc34)cc2)cc1. The smallest absolute Gasteiger partial charge is 0.137 e. The van der Waals surface area contributed by atoms with E-state index in [9.17, 15) is 0 Å². The van der Waals surface area contributed by atoms with Gasteiger partial charge >= 0.3 is 0 Å². The molecule has 0 saturated heterocycles. The Balaban J connectivity index is 1.37. The van der Waals surface area contributed by atoms with E-state index in [1.54, 1.807) is 6.33 Å². The quantitative estimate of drug-likeness (QED) is 0.469. The van der Waals surface area contributed by atoms with Crippen LogP contribution in [-0.4, -0.2) is 16.5 Å². The highest BCUT2D eigenvalue weighted by Gasteiger charge is 2.04. The number of anilines is 2. The summed E-state index contributed by atoms with van der Waals surface area (Å²) in [6.07, 6.45) is 2.44. The number of rotatable bonds is 6. The molecule has 1 heterocycles. The Morgan fingerprint density at radius 3 is 2.36 bits per heavy atom. The molecule has 1 aromatic heterocycles. The molecule has 0 amide bonds. The van der Waals surface area contributed by atoms with Gasteiger partial charge in [-0.05, 0) is 61.4 Å². The molecule has 0 saturated carbocycles. The van der Waals surface area contributed by atoms with E-state index in [4.69, 9.17) is 10.5 Å². The lowest BCUT2D eigenvalue weighted by Gasteiger charge is -2.10. The number of hydrogen-bond acceptors (Lipinski definition) is 5. The lowest BCUT2D eigenvalue weighted by molar-refractivity contribution is 0.482. The van der Waals surface area contributed by atoms with Gasteiger partial charge < -0.3 is 15.8 Å². The van der Waals surface area contributed by atoms with Crippen molar-refractivity contribution in [3.05, 3.63) is 84.2 Å². The van der Waals surface area contributed by atoms with Crippen LogP contribution >= 0.6 is 0 Å². The summed E-state index contributed by atoms with van der Waals surface area (Å²) in [6, 6.07) is 21.9. The van der Waals surface area contributed by atoms with Crippen LogP contribution in [0.15, 0.2) is 73.1 Å². The first-order chi connectivity index (χ1) is 13.7. The standard InChI is InChI=1S/C23H22N4O/c1-16-2-7-19(8-3-16)28-20-9-4-17(5-10-20)12-13-25-23-21-14-18(24)6-11-22(21)26-15-27-23/h2-11,14-15H,12-13,24H2,1H3,(H,25,26,27). The van der Waals surface area contributed by atoms with Crippen molar-refractivity contribution in [1.29, 1.82) is 0 Å². The molecule has 28 heavy (non-hydrogen) atoms. The van der Waals surface area contributed by atoms with Gasteiger partial charge in [-0.1, -0.05) is 29.8 Å². The molecule has 140 valence electrons. The van der Waals surface area contributed by atoms with Crippen LogP contribution in [0.5, 0.6) is 11.5 Å². The minimum atomic E-state index is 0.703. The van der Waals surface area contributed by atoms with Crippen LogP contribution in [0.4, 0.5) is 11.5 Å². The summed E-state index contributed by atoms with van der Waals surface area (Å²) in [5.74, 6) is 2.48. The topological polar surface area (TPSA) is 73.1 Å². The third-order valence-corrected chi connectivity index (χ3v) is 4.55. The second kappa shape index (κ2) is 7.96. The zero-order valence-corrected chi connectivity index (χ0v) is 15.7.